The molecule has 0 bridgehead atoms. The van der Waals surface area contributed by atoms with Gasteiger partial charge in [-0.25, -0.2) is 0 Å². The molecule has 0 atom stereocenters. The lowest BCUT2D eigenvalue weighted by Gasteiger charge is -2.08. The lowest BCUT2D eigenvalue weighted by Crippen LogP contribution is -2.31. The SMILES string of the molecule is CCNC(=S)N/N=C\c1cc(Br)cc(Br)c1OC. The van der Waals surface area contributed by atoms with Gasteiger partial charge in [-0.05, 0) is 47.2 Å². The van der Waals surface area contributed by atoms with Crippen LogP contribution in [-0.2, 0) is 0 Å². The highest BCUT2D eigenvalue weighted by Crippen LogP contribution is 2.31. The molecule has 1 aromatic carbocycles. The Hall–Kier alpha value is -0.660. The number of benzene rings is 1. The van der Waals surface area contributed by atoms with E-state index in [1.54, 1.807) is 13.3 Å². The molecule has 0 aliphatic rings. The van der Waals surface area contributed by atoms with Crippen molar-refractivity contribution in [1.29, 1.82) is 0 Å². The summed E-state index contributed by atoms with van der Waals surface area (Å²) in [5.41, 5.74) is 3.56. The molecule has 1 aromatic rings. The maximum Gasteiger partial charge on any atom is 0.186 e. The molecular formula is C11H13Br2N3OS. The zero-order valence-corrected chi connectivity index (χ0v) is 13.9. The van der Waals surface area contributed by atoms with Crippen molar-refractivity contribution in [3.05, 3.63) is 26.6 Å². The fraction of sp³-hybridized carbons (Fsp3) is 0.273. The highest BCUT2D eigenvalue weighted by Gasteiger charge is 2.07. The summed E-state index contributed by atoms with van der Waals surface area (Å²) in [6.45, 7) is 2.72. The van der Waals surface area contributed by atoms with E-state index in [1.165, 1.54) is 0 Å². The van der Waals surface area contributed by atoms with Gasteiger partial charge >= 0.3 is 0 Å². The van der Waals surface area contributed by atoms with E-state index in [0.717, 1.165) is 26.8 Å². The molecule has 0 amide bonds. The second-order valence-corrected chi connectivity index (χ2v) is 5.42. The van der Waals surface area contributed by atoms with Crippen LogP contribution in [0.1, 0.15) is 12.5 Å². The molecule has 0 spiro atoms. The minimum absolute atomic E-state index is 0.488. The van der Waals surface area contributed by atoms with Gasteiger partial charge in [0, 0.05) is 16.6 Å². The average molecular weight is 395 g/mol. The van der Waals surface area contributed by atoms with E-state index in [1.807, 2.05) is 19.1 Å². The van der Waals surface area contributed by atoms with Gasteiger partial charge in [-0.15, -0.1) is 0 Å². The van der Waals surface area contributed by atoms with Gasteiger partial charge in [0.25, 0.3) is 0 Å². The van der Waals surface area contributed by atoms with Crippen LogP contribution >= 0.6 is 44.1 Å². The van der Waals surface area contributed by atoms with Crippen LogP contribution in [-0.4, -0.2) is 25.0 Å². The molecule has 0 saturated carbocycles. The van der Waals surface area contributed by atoms with Crippen LogP contribution < -0.4 is 15.5 Å². The van der Waals surface area contributed by atoms with Crippen LogP contribution in [0.15, 0.2) is 26.2 Å². The van der Waals surface area contributed by atoms with Crippen molar-refractivity contribution < 1.29 is 4.74 Å². The second kappa shape index (κ2) is 7.70. The van der Waals surface area contributed by atoms with E-state index < -0.39 is 0 Å². The monoisotopic (exact) mass is 393 g/mol. The van der Waals surface area contributed by atoms with Crippen molar-refractivity contribution in [3.63, 3.8) is 0 Å². The number of nitrogens with one attached hydrogen (secondary N) is 2. The van der Waals surface area contributed by atoms with Gasteiger partial charge < -0.3 is 10.1 Å². The molecule has 0 saturated heterocycles. The predicted octanol–water partition coefficient (Wildman–Crippen LogP) is 3.04. The Morgan fingerprint density at radius 2 is 2.22 bits per heavy atom. The third-order valence-electron chi connectivity index (χ3n) is 1.95. The Kier molecular flexibility index (Phi) is 6.59. The Morgan fingerprint density at radius 1 is 1.50 bits per heavy atom. The first-order valence-corrected chi connectivity index (χ1v) is 7.17. The summed E-state index contributed by atoms with van der Waals surface area (Å²) in [4.78, 5) is 0. The molecule has 0 fully saturated rings. The van der Waals surface area contributed by atoms with E-state index in [0.29, 0.717) is 5.11 Å². The molecule has 0 aliphatic carbocycles. The number of ether oxygens (including phenoxy) is 1. The van der Waals surface area contributed by atoms with Crippen molar-refractivity contribution in [2.75, 3.05) is 13.7 Å². The molecule has 0 unspecified atom stereocenters. The zero-order chi connectivity index (χ0) is 13.5. The third kappa shape index (κ3) is 4.55. The van der Waals surface area contributed by atoms with Crippen LogP contribution in [0.3, 0.4) is 0 Å². The third-order valence-corrected chi connectivity index (χ3v) is 3.23. The maximum absolute atomic E-state index is 5.30. The van der Waals surface area contributed by atoms with Crippen LogP contribution in [0.5, 0.6) is 5.75 Å². The number of nitrogens with zero attached hydrogens (tertiary/aromatic N) is 1. The largest absolute Gasteiger partial charge is 0.495 e. The first-order valence-electron chi connectivity index (χ1n) is 5.18. The average Bonchev–Trinajstić information content (AvgIpc) is 2.28. The highest BCUT2D eigenvalue weighted by atomic mass is 79.9. The fourth-order valence-corrected chi connectivity index (χ4v) is 2.87. The lowest BCUT2D eigenvalue weighted by atomic mass is 10.2. The molecule has 7 heteroatoms. The van der Waals surface area contributed by atoms with Gasteiger partial charge in [0.05, 0.1) is 17.8 Å². The van der Waals surface area contributed by atoms with Gasteiger partial charge in [0.15, 0.2) is 5.11 Å². The van der Waals surface area contributed by atoms with Crippen molar-refractivity contribution in [3.8, 4) is 5.75 Å². The van der Waals surface area contributed by atoms with Crippen LogP contribution in [0.4, 0.5) is 0 Å². The summed E-state index contributed by atoms with van der Waals surface area (Å²) in [6, 6.07) is 3.82. The second-order valence-electron chi connectivity index (χ2n) is 3.24. The van der Waals surface area contributed by atoms with Gasteiger partial charge in [0.2, 0.25) is 0 Å². The van der Waals surface area contributed by atoms with Crippen LogP contribution in [0.2, 0.25) is 0 Å². The minimum Gasteiger partial charge on any atom is -0.495 e. The molecule has 98 valence electrons. The highest BCUT2D eigenvalue weighted by molar-refractivity contribution is 9.11. The number of rotatable bonds is 4. The van der Waals surface area contributed by atoms with Gasteiger partial charge in [-0.2, -0.15) is 5.10 Å². The van der Waals surface area contributed by atoms with E-state index >= 15 is 0 Å². The maximum atomic E-state index is 5.30. The van der Waals surface area contributed by atoms with Crippen LogP contribution in [0, 0.1) is 0 Å². The van der Waals surface area contributed by atoms with Gasteiger partial charge in [0.1, 0.15) is 5.75 Å². The summed E-state index contributed by atoms with van der Waals surface area (Å²) in [6.07, 6.45) is 1.65. The van der Waals surface area contributed by atoms with Crippen molar-refractivity contribution in [2.45, 2.75) is 6.92 Å². The summed E-state index contributed by atoms with van der Waals surface area (Å²) >= 11 is 11.8. The molecule has 2 N–H and O–H groups in total. The topological polar surface area (TPSA) is 45.7 Å². The summed E-state index contributed by atoms with van der Waals surface area (Å²) in [5, 5.41) is 7.48. The van der Waals surface area contributed by atoms with Crippen molar-refractivity contribution in [2.24, 2.45) is 5.10 Å². The predicted molar refractivity (Wildman–Crippen MR) is 85.4 cm³/mol. The van der Waals surface area contributed by atoms with Crippen molar-refractivity contribution in [1.82, 2.24) is 10.7 Å². The molecule has 0 aliphatic heterocycles. The summed E-state index contributed by atoms with van der Waals surface area (Å²) < 4.78 is 7.09. The summed E-state index contributed by atoms with van der Waals surface area (Å²) in [7, 11) is 1.61. The standard InChI is InChI=1S/C11H13Br2N3OS/c1-3-14-11(18)16-15-6-7-4-8(12)5-9(13)10(7)17-2/h4-6H,3H2,1-2H3,(H2,14,16,18)/b15-6-. The Balaban J connectivity index is 2.83. The number of thiocarbonyl (C=S) groups is 1. The molecule has 4 nitrogen and oxygen atoms in total. The first-order chi connectivity index (χ1) is 8.58. The summed E-state index contributed by atoms with van der Waals surface area (Å²) in [5.74, 6) is 0.720. The number of hydrogen-bond acceptors (Lipinski definition) is 3. The molecule has 0 radical (unpaired) electrons. The van der Waals surface area contributed by atoms with E-state index in [9.17, 15) is 0 Å². The number of halogens is 2. The van der Waals surface area contributed by atoms with Crippen LogP contribution in [0.25, 0.3) is 0 Å². The minimum atomic E-state index is 0.488. The molecule has 0 heterocycles. The smallest absolute Gasteiger partial charge is 0.186 e. The first kappa shape index (κ1) is 15.4. The molecule has 1 rings (SSSR count). The normalized spacial score (nSPS) is 10.4. The quantitative estimate of drug-likeness (QED) is 0.468. The van der Waals surface area contributed by atoms with E-state index in [2.05, 4.69) is 47.7 Å². The molecular weight excluding hydrogens is 382 g/mol. The van der Waals surface area contributed by atoms with E-state index in [-0.39, 0.29) is 0 Å². The van der Waals surface area contributed by atoms with Crippen molar-refractivity contribution >= 4 is 55.4 Å². The Labute approximate surface area is 128 Å². The molecule has 18 heavy (non-hydrogen) atoms. The Bertz CT molecular complexity index is 466. The van der Waals surface area contributed by atoms with E-state index in [4.69, 9.17) is 17.0 Å². The molecule has 0 aromatic heterocycles. The number of hydrazone groups is 1. The Morgan fingerprint density at radius 3 is 2.83 bits per heavy atom. The van der Waals surface area contributed by atoms with Gasteiger partial charge in [-0.3, -0.25) is 5.43 Å². The zero-order valence-electron chi connectivity index (χ0n) is 9.96. The fourth-order valence-electron chi connectivity index (χ4n) is 1.25. The number of methoxy groups -OCH3 is 1. The van der Waals surface area contributed by atoms with Gasteiger partial charge in [-0.1, -0.05) is 15.9 Å². The lowest BCUT2D eigenvalue weighted by molar-refractivity contribution is 0.411. The number of hydrogen-bond donors (Lipinski definition) is 2.